The number of carbonyl (C=O) groups is 2. The summed E-state index contributed by atoms with van der Waals surface area (Å²) in [5.74, 6) is -1.27. The first-order valence-corrected chi connectivity index (χ1v) is 9.85. The Labute approximate surface area is 170 Å². The number of allylic oxidation sites excluding steroid dienone is 1. The minimum absolute atomic E-state index is 0.274. The summed E-state index contributed by atoms with van der Waals surface area (Å²) in [5.41, 5.74) is 0.574. The third kappa shape index (κ3) is 9.42. The lowest BCUT2D eigenvalue weighted by Gasteiger charge is -2.08. The van der Waals surface area contributed by atoms with Crippen LogP contribution < -0.4 is 0 Å². The number of aliphatic hydroxyl groups is 1. The Morgan fingerprint density at radius 2 is 1.67 bits per heavy atom. The van der Waals surface area contributed by atoms with Crippen molar-refractivity contribution in [2.75, 3.05) is 5.75 Å². The lowest BCUT2D eigenvalue weighted by molar-refractivity contribution is 0.0686. The van der Waals surface area contributed by atoms with E-state index in [-0.39, 0.29) is 11.7 Å². The number of aliphatic hydroxyl groups excluding tert-OH is 1. The number of thioether (sulfide) groups is 1. The van der Waals surface area contributed by atoms with Crippen molar-refractivity contribution in [3.63, 3.8) is 0 Å². The minimum atomic E-state index is -0.931. The van der Waals surface area contributed by atoms with Gasteiger partial charge in [-0.2, -0.15) is 0 Å². The third-order valence-corrected chi connectivity index (χ3v) is 4.93. The van der Waals surface area contributed by atoms with E-state index < -0.39 is 11.9 Å². The molecule has 0 aliphatic carbocycles. The summed E-state index contributed by atoms with van der Waals surface area (Å²) >= 11 is 4.63. The predicted octanol–water partition coefficient (Wildman–Crippen LogP) is 4.95. The molecule has 0 saturated carbocycles. The molecule has 2 aromatic carbocycles. The van der Waals surface area contributed by atoms with Crippen LogP contribution in [-0.2, 0) is 0 Å². The topological polar surface area (TPSA) is 94.8 Å². The predicted molar refractivity (Wildman–Crippen MR) is 111 cm³/mol. The van der Waals surface area contributed by atoms with Crippen LogP contribution in [0, 0.1) is 0 Å². The highest BCUT2D eigenvalue weighted by Crippen LogP contribution is 2.21. The Kier molecular flexibility index (Phi) is 10.5. The van der Waals surface area contributed by atoms with Gasteiger partial charge in [-0.15, -0.1) is 18.3 Å². The highest BCUT2D eigenvalue weighted by atomic mass is 79.9. The largest absolute Gasteiger partial charge is 0.478 e. The molecule has 5 nitrogen and oxygen atoms in total. The van der Waals surface area contributed by atoms with Crippen LogP contribution in [0.1, 0.15) is 33.6 Å². The zero-order chi connectivity index (χ0) is 20.2. The van der Waals surface area contributed by atoms with Crippen molar-refractivity contribution in [2.24, 2.45) is 0 Å². The Morgan fingerprint density at radius 1 is 1.07 bits per heavy atom. The quantitative estimate of drug-likeness (QED) is 0.387. The van der Waals surface area contributed by atoms with Crippen LogP contribution >= 0.6 is 27.7 Å². The van der Waals surface area contributed by atoms with Gasteiger partial charge < -0.3 is 15.3 Å². The normalized spacial score (nSPS) is 11.0. The molecule has 0 radical (unpaired) electrons. The van der Waals surface area contributed by atoms with E-state index in [0.717, 1.165) is 15.8 Å². The fraction of sp³-hybridized carbons (Fsp3) is 0.200. The van der Waals surface area contributed by atoms with Crippen LogP contribution in [0.4, 0.5) is 0 Å². The third-order valence-electron chi connectivity index (χ3n) is 3.30. The average Bonchev–Trinajstić information content (AvgIpc) is 2.65. The smallest absolute Gasteiger partial charge is 0.335 e. The number of benzene rings is 2. The Morgan fingerprint density at radius 3 is 2.19 bits per heavy atom. The number of halogens is 1. The molecule has 0 spiro atoms. The lowest BCUT2D eigenvalue weighted by atomic mass is 10.2. The van der Waals surface area contributed by atoms with Gasteiger partial charge in [0.25, 0.3) is 0 Å². The number of rotatable bonds is 8. The van der Waals surface area contributed by atoms with Gasteiger partial charge in [0, 0.05) is 15.1 Å². The number of carboxylic acid groups (broad SMARTS) is 2. The number of hydrogen-bond acceptors (Lipinski definition) is 4. The molecule has 0 fully saturated rings. The van der Waals surface area contributed by atoms with Gasteiger partial charge in [-0.25, -0.2) is 9.59 Å². The molecule has 0 aromatic heterocycles. The fourth-order valence-corrected chi connectivity index (χ4v) is 3.26. The second-order valence-corrected chi connectivity index (χ2v) is 7.49. The van der Waals surface area contributed by atoms with Gasteiger partial charge in [-0.3, -0.25) is 0 Å². The molecule has 2 rings (SSSR count). The molecule has 1 atom stereocenters. The van der Waals surface area contributed by atoms with Crippen LogP contribution in [0.3, 0.4) is 0 Å². The van der Waals surface area contributed by atoms with Crippen molar-refractivity contribution in [2.45, 2.75) is 23.8 Å². The number of hydrogen-bond donors (Lipinski definition) is 3. The first-order valence-electron chi connectivity index (χ1n) is 8.07. The van der Waals surface area contributed by atoms with Gasteiger partial charge in [0.15, 0.2) is 0 Å². The molecule has 2 aromatic rings. The van der Waals surface area contributed by atoms with E-state index in [0.29, 0.717) is 17.7 Å². The average molecular weight is 453 g/mol. The molecule has 0 amide bonds. The maximum atomic E-state index is 10.8. The van der Waals surface area contributed by atoms with E-state index in [4.69, 9.17) is 10.2 Å². The van der Waals surface area contributed by atoms with E-state index in [1.165, 1.54) is 11.8 Å². The molecule has 0 saturated heterocycles. The van der Waals surface area contributed by atoms with Gasteiger partial charge in [-0.05, 0) is 49.2 Å². The van der Waals surface area contributed by atoms with E-state index in [1.807, 2.05) is 6.07 Å². The standard InChI is InChI=1S/C13H16O3S.C7H5BrO2/c1-2-3-6-11(14)9-17-12-7-4-5-10(8-12)13(15)16;8-6-3-1-2-5(4-6)7(9)10/h2,4-5,7-8,11,14H,1,3,6,9H2,(H,15,16);1-4H,(H,9,10). The summed E-state index contributed by atoms with van der Waals surface area (Å²) in [6, 6.07) is 13.3. The molecular weight excluding hydrogens is 432 g/mol. The second kappa shape index (κ2) is 12.3. The van der Waals surface area contributed by atoms with Gasteiger partial charge in [0.05, 0.1) is 17.2 Å². The van der Waals surface area contributed by atoms with Crippen LogP contribution in [0.25, 0.3) is 0 Å². The van der Waals surface area contributed by atoms with Crippen molar-refractivity contribution < 1.29 is 24.9 Å². The van der Waals surface area contributed by atoms with Crippen molar-refractivity contribution in [1.82, 2.24) is 0 Å². The Bertz CT molecular complexity index is 778. The maximum Gasteiger partial charge on any atom is 0.335 e. The summed E-state index contributed by atoms with van der Waals surface area (Å²) in [5, 5.41) is 27.0. The second-order valence-electron chi connectivity index (χ2n) is 5.48. The molecular formula is C20H21BrO5S. The molecule has 0 bridgehead atoms. The molecule has 1 unspecified atom stereocenters. The molecule has 0 aliphatic rings. The van der Waals surface area contributed by atoms with Crippen LogP contribution in [-0.4, -0.2) is 39.1 Å². The highest BCUT2D eigenvalue weighted by molar-refractivity contribution is 9.10. The lowest BCUT2D eigenvalue weighted by Crippen LogP contribution is -2.08. The first kappa shape index (κ1) is 23.0. The van der Waals surface area contributed by atoms with Crippen LogP contribution in [0.2, 0.25) is 0 Å². The fourth-order valence-electron chi connectivity index (χ4n) is 1.93. The van der Waals surface area contributed by atoms with Crippen molar-refractivity contribution in [3.05, 3.63) is 76.8 Å². The Balaban J connectivity index is 0.000000309. The number of aromatic carboxylic acids is 2. The summed E-state index contributed by atoms with van der Waals surface area (Å²) in [4.78, 5) is 22.0. The molecule has 0 aliphatic heterocycles. The summed E-state index contributed by atoms with van der Waals surface area (Å²) in [6.07, 6.45) is 2.87. The van der Waals surface area contributed by atoms with Crippen LogP contribution in [0.15, 0.2) is 70.6 Å². The number of carboxylic acids is 2. The van der Waals surface area contributed by atoms with Gasteiger partial charge >= 0.3 is 11.9 Å². The monoisotopic (exact) mass is 452 g/mol. The van der Waals surface area contributed by atoms with Crippen molar-refractivity contribution in [3.8, 4) is 0 Å². The minimum Gasteiger partial charge on any atom is -0.478 e. The van der Waals surface area contributed by atoms with E-state index >= 15 is 0 Å². The van der Waals surface area contributed by atoms with Crippen LogP contribution in [0.5, 0.6) is 0 Å². The van der Waals surface area contributed by atoms with E-state index in [1.54, 1.807) is 48.5 Å². The molecule has 7 heteroatoms. The van der Waals surface area contributed by atoms with Crippen molar-refractivity contribution in [1.29, 1.82) is 0 Å². The highest BCUT2D eigenvalue weighted by Gasteiger charge is 2.06. The Hall–Kier alpha value is -2.09. The van der Waals surface area contributed by atoms with Crippen molar-refractivity contribution >= 4 is 39.6 Å². The van der Waals surface area contributed by atoms with Gasteiger partial charge in [0.1, 0.15) is 0 Å². The molecule has 144 valence electrons. The van der Waals surface area contributed by atoms with E-state index in [9.17, 15) is 14.7 Å². The zero-order valence-corrected chi connectivity index (χ0v) is 16.9. The summed E-state index contributed by atoms with van der Waals surface area (Å²) < 4.78 is 0.785. The summed E-state index contributed by atoms with van der Waals surface area (Å²) in [6.45, 7) is 3.60. The SMILES string of the molecule is C=CCCC(O)CSc1cccc(C(=O)O)c1.O=C(O)c1cccc(Br)c1. The maximum absolute atomic E-state index is 10.8. The zero-order valence-electron chi connectivity index (χ0n) is 14.5. The van der Waals surface area contributed by atoms with E-state index in [2.05, 4.69) is 22.5 Å². The first-order chi connectivity index (χ1) is 12.8. The summed E-state index contributed by atoms with van der Waals surface area (Å²) in [7, 11) is 0. The van der Waals surface area contributed by atoms with Gasteiger partial charge in [-0.1, -0.05) is 34.1 Å². The van der Waals surface area contributed by atoms with Gasteiger partial charge in [0.2, 0.25) is 0 Å². The molecule has 0 heterocycles. The molecule has 27 heavy (non-hydrogen) atoms. The molecule has 3 N–H and O–H groups in total.